The van der Waals surface area contributed by atoms with E-state index in [1.807, 2.05) is 24.3 Å². The lowest BCUT2D eigenvalue weighted by Crippen LogP contribution is -2.37. The van der Waals surface area contributed by atoms with E-state index in [4.69, 9.17) is 9.84 Å². The third-order valence-corrected chi connectivity index (χ3v) is 3.65. The first-order valence-corrected chi connectivity index (χ1v) is 6.13. The molecule has 19 heavy (non-hydrogen) atoms. The SMILES string of the molecule is COc1ccc(CN2CC[C@](C)(C(=O)O)C2=O)cc1. The molecule has 1 saturated heterocycles. The van der Waals surface area contributed by atoms with Gasteiger partial charge in [-0.15, -0.1) is 0 Å². The summed E-state index contributed by atoms with van der Waals surface area (Å²) in [7, 11) is 1.59. The molecule has 1 aromatic carbocycles. The van der Waals surface area contributed by atoms with E-state index in [-0.39, 0.29) is 5.91 Å². The van der Waals surface area contributed by atoms with E-state index in [1.165, 1.54) is 6.92 Å². The highest BCUT2D eigenvalue weighted by atomic mass is 16.5. The summed E-state index contributed by atoms with van der Waals surface area (Å²) in [6, 6.07) is 7.41. The van der Waals surface area contributed by atoms with Gasteiger partial charge >= 0.3 is 5.97 Å². The number of hydrogen-bond acceptors (Lipinski definition) is 3. The van der Waals surface area contributed by atoms with E-state index >= 15 is 0 Å². The fourth-order valence-corrected chi connectivity index (χ4v) is 2.22. The molecule has 0 saturated carbocycles. The first-order valence-electron chi connectivity index (χ1n) is 6.13. The Hall–Kier alpha value is -2.04. The Morgan fingerprint density at radius 2 is 2.05 bits per heavy atom. The van der Waals surface area contributed by atoms with Gasteiger partial charge in [0, 0.05) is 13.1 Å². The van der Waals surface area contributed by atoms with Crippen molar-refractivity contribution in [3.8, 4) is 5.75 Å². The number of carboxylic acids is 1. The molecule has 1 fully saturated rings. The minimum Gasteiger partial charge on any atom is -0.497 e. The highest BCUT2D eigenvalue weighted by molar-refractivity contribution is 6.02. The minimum atomic E-state index is -1.27. The number of rotatable bonds is 4. The van der Waals surface area contributed by atoms with Crippen molar-refractivity contribution in [3.05, 3.63) is 29.8 Å². The van der Waals surface area contributed by atoms with Gasteiger partial charge in [0.15, 0.2) is 0 Å². The molecule has 5 heteroatoms. The molecule has 2 rings (SSSR count). The molecule has 5 nitrogen and oxygen atoms in total. The van der Waals surface area contributed by atoms with Crippen LogP contribution in [0.2, 0.25) is 0 Å². The second-order valence-electron chi connectivity index (χ2n) is 4.96. The highest BCUT2D eigenvalue weighted by Crippen LogP contribution is 2.32. The Bertz CT molecular complexity index is 497. The van der Waals surface area contributed by atoms with Crippen LogP contribution in [-0.2, 0) is 16.1 Å². The molecule has 0 aromatic heterocycles. The Morgan fingerprint density at radius 1 is 1.42 bits per heavy atom. The Kier molecular flexibility index (Phi) is 3.46. The van der Waals surface area contributed by atoms with Gasteiger partial charge in [-0.25, -0.2) is 0 Å². The second kappa shape index (κ2) is 4.91. The zero-order chi connectivity index (χ0) is 14.0. The van der Waals surface area contributed by atoms with Crippen molar-refractivity contribution in [1.82, 2.24) is 4.90 Å². The van der Waals surface area contributed by atoms with Crippen molar-refractivity contribution >= 4 is 11.9 Å². The lowest BCUT2D eigenvalue weighted by molar-refractivity contribution is -0.155. The normalized spacial score (nSPS) is 22.6. The van der Waals surface area contributed by atoms with Crippen LogP contribution in [0.3, 0.4) is 0 Å². The summed E-state index contributed by atoms with van der Waals surface area (Å²) in [6.45, 7) is 2.41. The van der Waals surface area contributed by atoms with Crippen LogP contribution in [0.25, 0.3) is 0 Å². The molecule has 1 aliphatic rings. The average Bonchev–Trinajstić information content (AvgIpc) is 2.69. The van der Waals surface area contributed by atoms with Crippen LogP contribution in [0.4, 0.5) is 0 Å². The zero-order valence-corrected chi connectivity index (χ0v) is 11.0. The van der Waals surface area contributed by atoms with Crippen LogP contribution in [0.1, 0.15) is 18.9 Å². The van der Waals surface area contributed by atoms with Crippen molar-refractivity contribution in [3.63, 3.8) is 0 Å². The summed E-state index contributed by atoms with van der Waals surface area (Å²) in [5.74, 6) is -0.600. The second-order valence-corrected chi connectivity index (χ2v) is 4.96. The minimum absolute atomic E-state index is 0.309. The molecule has 1 amide bonds. The van der Waals surface area contributed by atoms with Gasteiger partial charge in [-0.1, -0.05) is 12.1 Å². The van der Waals surface area contributed by atoms with Crippen molar-refractivity contribution < 1.29 is 19.4 Å². The van der Waals surface area contributed by atoms with Crippen LogP contribution in [0.5, 0.6) is 5.75 Å². The van der Waals surface area contributed by atoms with Gasteiger partial charge in [0.05, 0.1) is 7.11 Å². The van der Waals surface area contributed by atoms with Crippen molar-refractivity contribution in [2.24, 2.45) is 5.41 Å². The lowest BCUT2D eigenvalue weighted by Gasteiger charge is -2.19. The Balaban J connectivity index is 2.08. The van der Waals surface area contributed by atoms with E-state index in [2.05, 4.69) is 0 Å². The summed E-state index contributed by atoms with van der Waals surface area (Å²) in [6.07, 6.45) is 0.358. The van der Waals surface area contributed by atoms with E-state index < -0.39 is 11.4 Å². The molecule has 0 unspecified atom stereocenters. The highest BCUT2D eigenvalue weighted by Gasteiger charge is 2.48. The van der Waals surface area contributed by atoms with Gasteiger partial charge in [0.25, 0.3) is 0 Å². The third kappa shape index (κ3) is 2.41. The molecule has 1 heterocycles. The van der Waals surface area contributed by atoms with Gasteiger partial charge in [0.2, 0.25) is 5.91 Å². The van der Waals surface area contributed by atoms with Gasteiger partial charge in [-0.2, -0.15) is 0 Å². The van der Waals surface area contributed by atoms with E-state index in [1.54, 1.807) is 12.0 Å². The van der Waals surface area contributed by atoms with Gasteiger partial charge < -0.3 is 14.7 Å². The van der Waals surface area contributed by atoms with Crippen LogP contribution < -0.4 is 4.74 Å². The van der Waals surface area contributed by atoms with Crippen LogP contribution >= 0.6 is 0 Å². The molecule has 1 atom stereocenters. The molecular formula is C14H17NO4. The number of aliphatic carboxylic acids is 1. The average molecular weight is 263 g/mol. The number of carboxylic acid groups (broad SMARTS) is 1. The smallest absolute Gasteiger partial charge is 0.318 e. The van der Waals surface area contributed by atoms with Crippen molar-refractivity contribution in [1.29, 1.82) is 0 Å². The predicted molar refractivity (Wildman–Crippen MR) is 68.8 cm³/mol. The first kappa shape index (κ1) is 13.4. The number of benzene rings is 1. The Labute approximate surface area is 111 Å². The molecule has 0 bridgehead atoms. The molecule has 1 aromatic rings. The van der Waals surface area contributed by atoms with Crippen molar-refractivity contribution in [2.75, 3.05) is 13.7 Å². The number of amides is 1. The van der Waals surface area contributed by atoms with E-state index in [0.29, 0.717) is 19.5 Å². The molecule has 0 radical (unpaired) electrons. The number of methoxy groups -OCH3 is 1. The number of carbonyl (C=O) groups is 2. The van der Waals surface area contributed by atoms with Gasteiger partial charge in [-0.3, -0.25) is 9.59 Å². The standard InChI is InChI=1S/C14H17NO4/c1-14(13(17)18)7-8-15(12(14)16)9-10-3-5-11(19-2)6-4-10/h3-6H,7-9H2,1-2H3,(H,17,18)/t14-/m0/s1. The number of nitrogens with zero attached hydrogens (tertiary/aromatic N) is 1. The molecule has 1 N–H and O–H groups in total. The summed E-state index contributed by atoms with van der Waals surface area (Å²) >= 11 is 0. The topological polar surface area (TPSA) is 66.8 Å². The van der Waals surface area contributed by atoms with Crippen LogP contribution in [-0.4, -0.2) is 35.5 Å². The van der Waals surface area contributed by atoms with Gasteiger partial charge in [0.1, 0.15) is 11.2 Å². The summed E-state index contributed by atoms with van der Waals surface area (Å²) in [4.78, 5) is 24.9. The third-order valence-electron chi connectivity index (χ3n) is 3.65. The number of likely N-dealkylation sites (tertiary alicyclic amines) is 1. The molecule has 0 aliphatic carbocycles. The summed E-state index contributed by atoms with van der Waals surface area (Å²) < 4.78 is 5.07. The first-order chi connectivity index (χ1) is 8.97. The monoisotopic (exact) mass is 263 g/mol. The van der Waals surface area contributed by atoms with Crippen LogP contribution in [0.15, 0.2) is 24.3 Å². The lowest BCUT2D eigenvalue weighted by atomic mass is 9.89. The fourth-order valence-electron chi connectivity index (χ4n) is 2.22. The van der Waals surface area contributed by atoms with Crippen LogP contribution in [0, 0.1) is 5.41 Å². The summed E-state index contributed by atoms with van der Waals surface area (Å²) in [5.41, 5.74) is -0.310. The van der Waals surface area contributed by atoms with Gasteiger partial charge in [-0.05, 0) is 31.0 Å². The van der Waals surface area contributed by atoms with Crippen molar-refractivity contribution in [2.45, 2.75) is 19.9 Å². The zero-order valence-electron chi connectivity index (χ0n) is 11.0. The fraction of sp³-hybridized carbons (Fsp3) is 0.429. The summed E-state index contributed by atoms with van der Waals surface area (Å²) in [5, 5.41) is 9.13. The number of hydrogen-bond donors (Lipinski definition) is 1. The van der Waals surface area contributed by atoms with E-state index in [0.717, 1.165) is 11.3 Å². The Morgan fingerprint density at radius 3 is 2.53 bits per heavy atom. The number of ether oxygens (including phenoxy) is 1. The molecule has 0 spiro atoms. The maximum Gasteiger partial charge on any atom is 0.318 e. The largest absolute Gasteiger partial charge is 0.497 e. The predicted octanol–water partition coefficient (Wildman–Crippen LogP) is 1.52. The maximum atomic E-state index is 12.1. The molecular weight excluding hydrogens is 246 g/mol. The maximum absolute atomic E-state index is 12.1. The quantitative estimate of drug-likeness (QED) is 0.836. The van der Waals surface area contributed by atoms with E-state index in [9.17, 15) is 9.59 Å². The molecule has 102 valence electrons. The molecule has 1 aliphatic heterocycles. The number of carbonyl (C=O) groups excluding carboxylic acids is 1.